The molecule has 0 heterocycles. The van der Waals surface area contributed by atoms with Crippen LogP contribution in [-0.4, -0.2) is 43.9 Å². The Balaban J connectivity index is 1.72. The summed E-state index contributed by atoms with van der Waals surface area (Å²) >= 11 is 18.4. The first-order valence-electron chi connectivity index (χ1n) is 11.9. The van der Waals surface area contributed by atoms with E-state index in [4.69, 9.17) is 55.4 Å². The zero-order valence-corrected chi connectivity index (χ0v) is 23.9. The lowest BCUT2D eigenvalue weighted by Crippen LogP contribution is -2.50. The minimum absolute atomic E-state index is 0.0183. The van der Waals surface area contributed by atoms with Crippen molar-refractivity contribution in [2.24, 2.45) is 5.10 Å². The molecule has 0 aromatic heterocycles. The van der Waals surface area contributed by atoms with Crippen LogP contribution in [-0.2, 0) is 16.0 Å². The van der Waals surface area contributed by atoms with Crippen LogP contribution in [0.15, 0.2) is 65.8 Å². The Morgan fingerprint density at radius 3 is 2.45 bits per heavy atom. The number of amides is 2. The van der Waals surface area contributed by atoms with Crippen LogP contribution in [0.1, 0.15) is 18.1 Å². The lowest BCUT2D eigenvalue weighted by molar-refractivity contribution is -0.132. The van der Waals surface area contributed by atoms with Crippen molar-refractivity contribution in [1.82, 2.24) is 10.7 Å². The van der Waals surface area contributed by atoms with E-state index >= 15 is 0 Å². The molecule has 208 valence electrons. The summed E-state index contributed by atoms with van der Waals surface area (Å²) in [7, 11) is 1.46. The minimum Gasteiger partial charge on any atom is -0.493 e. The number of ether oxygens (including phenoxy) is 3. The van der Waals surface area contributed by atoms with Crippen LogP contribution < -0.4 is 25.0 Å². The number of nitrogens with one attached hydrogen (secondary N) is 2. The van der Waals surface area contributed by atoms with E-state index < -0.39 is 24.0 Å². The van der Waals surface area contributed by atoms with Gasteiger partial charge in [0.25, 0.3) is 11.8 Å². The van der Waals surface area contributed by atoms with Crippen LogP contribution in [0, 0.1) is 12.3 Å². The molecule has 40 heavy (non-hydrogen) atoms. The van der Waals surface area contributed by atoms with Gasteiger partial charge in [0, 0.05) is 11.4 Å². The Bertz CT molecular complexity index is 1410. The average Bonchev–Trinajstić information content (AvgIpc) is 2.93. The fourth-order valence-corrected chi connectivity index (χ4v) is 4.21. The Labute approximate surface area is 247 Å². The quantitative estimate of drug-likeness (QED) is 0.166. The molecule has 0 unspecified atom stereocenters. The number of carbonyl (C=O) groups excluding carboxylic acids is 2. The molecule has 0 aliphatic heterocycles. The predicted octanol–water partition coefficient (Wildman–Crippen LogP) is 5.31. The highest BCUT2D eigenvalue weighted by atomic mass is 35.5. The number of nitrogens with zero attached hydrogens (tertiary/aromatic N) is 1. The number of carbonyl (C=O) groups is 2. The average molecular weight is 603 g/mol. The van der Waals surface area contributed by atoms with Gasteiger partial charge >= 0.3 is 0 Å². The molecule has 2 N–H and O–H groups in total. The molecule has 0 aliphatic carbocycles. The van der Waals surface area contributed by atoms with E-state index in [0.29, 0.717) is 22.1 Å². The van der Waals surface area contributed by atoms with Gasteiger partial charge < -0.3 is 19.5 Å². The van der Waals surface area contributed by atoms with E-state index in [1.54, 1.807) is 31.2 Å². The van der Waals surface area contributed by atoms with Crippen LogP contribution >= 0.6 is 34.8 Å². The normalized spacial score (nSPS) is 12.2. The Morgan fingerprint density at radius 2 is 1.77 bits per heavy atom. The monoisotopic (exact) mass is 601 g/mol. The zero-order valence-electron chi connectivity index (χ0n) is 21.6. The second-order valence-electron chi connectivity index (χ2n) is 8.35. The molecule has 8 nitrogen and oxygen atoms in total. The highest BCUT2D eigenvalue weighted by Gasteiger charge is 2.25. The molecule has 0 radical (unpaired) electrons. The van der Waals surface area contributed by atoms with Crippen LogP contribution in [0.2, 0.25) is 15.1 Å². The van der Waals surface area contributed by atoms with Gasteiger partial charge in [0.2, 0.25) is 0 Å². The van der Waals surface area contributed by atoms with Gasteiger partial charge in [0.05, 0.1) is 23.4 Å². The van der Waals surface area contributed by atoms with E-state index in [-0.39, 0.29) is 28.8 Å². The van der Waals surface area contributed by atoms with Gasteiger partial charge in [0.15, 0.2) is 17.6 Å². The Kier molecular flexibility index (Phi) is 11.5. The number of methoxy groups -OCH3 is 1. The molecular weight excluding hydrogens is 577 g/mol. The van der Waals surface area contributed by atoms with Gasteiger partial charge in [-0.25, -0.2) is 5.43 Å². The number of rotatable bonds is 12. The maximum absolute atomic E-state index is 13.1. The molecule has 2 atom stereocenters. The molecular formula is C29H26Cl3N3O5. The number of hydrogen-bond donors (Lipinski definition) is 2. The molecule has 3 aromatic rings. The lowest BCUT2D eigenvalue weighted by Gasteiger charge is -2.21. The summed E-state index contributed by atoms with van der Waals surface area (Å²) in [5.74, 6) is 2.22. The Morgan fingerprint density at radius 1 is 1.02 bits per heavy atom. The van der Waals surface area contributed by atoms with Crippen molar-refractivity contribution in [1.29, 1.82) is 0 Å². The third-order valence-electron chi connectivity index (χ3n) is 5.42. The predicted molar refractivity (Wildman–Crippen MR) is 157 cm³/mol. The summed E-state index contributed by atoms with van der Waals surface area (Å²) in [5, 5.41) is 7.70. The number of benzene rings is 3. The van der Waals surface area contributed by atoms with Crippen molar-refractivity contribution >= 4 is 52.8 Å². The van der Waals surface area contributed by atoms with E-state index in [0.717, 1.165) is 5.56 Å². The zero-order chi connectivity index (χ0) is 29.1. The molecule has 0 saturated carbocycles. The van der Waals surface area contributed by atoms with Gasteiger partial charge in [-0.2, -0.15) is 5.10 Å². The van der Waals surface area contributed by atoms with Crippen molar-refractivity contribution in [3.8, 4) is 29.6 Å². The summed E-state index contributed by atoms with van der Waals surface area (Å²) in [4.78, 5) is 26.1. The minimum atomic E-state index is -0.962. The second-order valence-corrected chi connectivity index (χ2v) is 9.60. The second kappa shape index (κ2) is 15.0. The van der Waals surface area contributed by atoms with E-state index in [2.05, 4.69) is 21.8 Å². The summed E-state index contributed by atoms with van der Waals surface area (Å²) in [6.45, 7) is 1.56. The standard InChI is InChI=1S/C29H26Cl3N3O5/c1-4-12-39-27-23(32)13-20(15-26(27)38-3)17-33-35-29(37)24(14-19-8-6-5-7-9-19)34-28(36)18(2)40-25-11-10-21(30)16-22(25)31/h1,5-11,13,15-18,24H,12,14H2,2-3H3,(H,34,36)(H,35,37)/b33-17-/t18-,24-/m1/s1. The van der Waals surface area contributed by atoms with Gasteiger partial charge in [-0.15, -0.1) is 6.42 Å². The number of hydrogen-bond acceptors (Lipinski definition) is 6. The summed E-state index contributed by atoms with van der Waals surface area (Å²) in [5.41, 5.74) is 3.83. The van der Waals surface area contributed by atoms with Crippen molar-refractivity contribution in [2.45, 2.75) is 25.5 Å². The number of hydrazone groups is 1. The Hall–Kier alpha value is -3.90. The number of terminal acetylenes is 1. The van der Waals surface area contributed by atoms with Crippen LogP contribution in [0.5, 0.6) is 17.2 Å². The number of halogens is 3. The smallest absolute Gasteiger partial charge is 0.262 e. The SMILES string of the molecule is C#CCOc1c(Cl)cc(/C=N\NC(=O)[C@@H](Cc2ccccc2)NC(=O)[C@@H](C)Oc2ccc(Cl)cc2Cl)cc1OC. The first-order chi connectivity index (χ1) is 19.2. The maximum atomic E-state index is 13.1. The molecule has 3 rings (SSSR count). The molecule has 11 heteroatoms. The third kappa shape index (κ3) is 8.82. The highest BCUT2D eigenvalue weighted by molar-refractivity contribution is 6.35. The summed E-state index contributed by atoms with van der Waals surface area (Å²) in [6.07, 6.45) is 5.88. The maximum Gasteiger partial charge on any atom is 0.262 e. The first-order valence-corrected chi connectivity index (χ1v) is 13.1. The van der Waals surface area contributed by atoms with Crippen molar-refractivity contribution < 1.29 is 23.8 Å². The van der Waals surface area contributed by atoms with Crippen molar-refractivity contribution in [2.75, 3.05) is 13.7 Å². The molecule has 0 spiro atoms. The third-order valence-corrected chi connectivity index (χ3v) is 6.23. The molecule has 3 aromatic carbocycles. The largest absolute Gasteiger partial charge is 0.493 e. The molecule has 0 saturated heterocycles. The van der Waals surface area contributed by atoms with Crippen LogP contribution in [0.3, 0.4) is 0 Å². The molecule has 0 bridgehead atoms. The van der Waals surface area contributed by atoms with Crippen molar-refractivity contribution in [3.63, 3.8) is 0 Å². The van der Waals surface area contributed by atoms with E-state index in [9.17, 15) is 9.59 Å². The topological polar surface area (TPSA) is 98.2 Å². The van der Waals surface area contributed by atoms with Crippen LogP contribution in [0.25, 0.3) is 0 Å². The van der Waals surface area contributed by atoms with Crippen LogP contribution in [0.4, 0.5) is 0 Å². The molecule has 0 aliphatic rings. The van der Waals surface area contributed by atoms with Gasteiger partial charge in [-0.3, -0.25) is 9.59 Å². The van der Waals surface area contributed by atoms with Gasteiger partial charge in [-0.1, -0.05) is 71.1 Å². The fourth-order valence-electron chi connectivity index (χ4n) is 3.48. The fraction of sp³-hybridized carbons (Fsp3) is 0.207. The first kappa shape index (κ1) is 30.6. The van der Waals surface area contributed by atoms with E-state index in [1.165, 1.54) is 19.4 Å². The van der Waals surface area contributed by atoms with Gasteiger partial charge in [-0.05, 0) is 48.4 Å². The molecule has 0 fully saturated rings. The molecule has 2 amide bonds. The summed E-state index contributed by atoms with van der Waals surface area (Å²) < 4.78 is 16.4. The lowest BCUT2D eigenvalue weighted by atomic mass is 10.1. The van der Waals surface area contributed by atoms with Crippen molar-refractivity contribution in [3.05, 3.63) is 86.9 Å². The van der Waals surface area contributed by atoms with E-state index in [1.807, 2.05) is 30.3 Å². The highest BCUT2D eigenvalue weighted by Crippen LogP contribution is 2.36. The van der Waals surface area contributed by atoms with Gasteiger partial charge in [0.1, 0.15) is 18.4 Å². The summed E-state index contributed by atoms with van der Waals surface area (Å²) in [6, 6.07) is 16.1.